The summed E-state index contributed by atoms with van der Waals surface area (Å²) in [7, 11) is -3.80. The van der Waals surface area contributed by atoms with Crippen LogP contribution in [0, 0.1) is 6.92 Å². The Morgan fingerprint density at radius 3 is 2.38 bits per heavy atom. The first-order valence-electron chi connectivity index (χ1n) is 6.87. The molecule has 2 aromatic carbocycles. The van der Waals surface area contributed by atoms with E-state index in [1.807, 2.05) is 31.2 Å². The number of para-hydroxylation sites is 1. The average molecular weight is 399 g/mol. The van der Waals surface area contributed by atoms with Gasteiger partial charge in [0.15, 0.2) is 10.2 Å². The van der Waals surface area contributed by atoms with Crippen molar-refractivity contribution in [3.05, 3.63) is 63.5 Å². The Morgan fingerprint density at radius 1 is 1.04 bits per heavy atom. The molecule has 0 amide bonds. The quantitative estimate of drug-likeness (QED) is 0.644. The number of nitrogens with zero attached hydrogens (tertiary/aromatic N) is 1. The summed E-state index contributed by atoms with van der Waals surface area (Å²) >= 11 is 13.0. The maximum atomic E-state index is 12.7. The number of rotatable bonds is 4. The van der Waals surface area contributed by atoms with Gasteiger partial charge in [0.25, 0.3) is 0 Å². The summed E-state index contributed by atoms with van der Waals surface area (Å²) in [5.41, 5.74) is 1.87. The highest BCUT2D eigenvalue weighted by atomic mass is 35.5. The van der Waals surface area contributed by atoms with Crippen LogP contribution in [0.4, 0.5) is 10.8 Å². The van der Waals surface area contributed by atoms with Gasteiger partial charge >= 0.3 is 0 Å². The van der Waals surface area contributed by atoms with Crippen LogP contribution in [0.25, 0.3) is 0 Å². The standard InChI is InChI=1S/C16H12Cl2N2O2S2/c1-10-4-2-3-5-13(10)19-16-20-15(14(18)23-16)24(21,22)12-8-6-11(17)7-9-12/h2-9H,1H3,(H,19,20). The van der Waals surface area contributed by atoms with E-state index in [4.69, 9.17) is 23.2 Å². The van der Waals surface area contributed by atoms with Crippen LogP contribution in [0.2, 0.25) is 9.36 Å². The number of sulfone groups is 1. The van der Waals surface area contributed by atoms with E-state index in [9.17, 15) is 8.42 Å². The molecule has 0 aliphatic carbocycles. The van der Waals surface area contributed by atoms with E-state index in [1.54, 1.807) is 0 Å². The minimum Gasteiger partial charge on any atom is -0.331 e. The monoisotopic (exact) mass is 398 g/mol. The van der Waals surface area contributed by atoms with E-state index < -0.39 is 9.84 Å². The van der Waals surface area contributed by atoms with E-state index in [0.717, 1.165) is 22.6 Å². The minimum atomic E-state index is -3.80. The predicted octanol–water partition coefficient (Wildman–Crippen LogP) is 5.33. The molecule has 0 radical (unpaired) electrons. The molecule has 4 nitrogen and oxygen atoms in total. The van der Waals surface area contributed by atoms with E-state index >= 15 is 0 Å². The fraction of sp³-hybridized carbons (Fsp3) is 0.0625. The second-order valence-corrected chi connectivity index (χ2v) is 8.90. The first-order chi connectivity index (χ1) is 11.4. The van der Waals surface area contributed by atoms with Crippen molar-refractivity contribution in [2.24, 2.45) is 0 Å². The molecule has 24 heavy (non-hydrogen) atoms. The van der Waals surface area contributed by atoms with Gasteiger partial charge in [-0.15, -0.1) is 0 Å². The molecule has 0 aliphatic heterocycles. The highest BCUT2D eigenvalue weighted by Crippen LogP contribution is 2.36. The molecular formula is C16H12Cl2N2O2S2. The van der Waals surface area contributed by atoms with Crippen molar-refractivity contribution in [3.8, 4) is 0 Å². The average Bonchev–Trinajstić information content (AvgIpc) is 2.91. The zero-order valence-corrected chi connectivity index (χ0v) is 15.6. The van der Waals surface area contributed by atoms with Gasteiger partial charge in [-0.3, -0.25) is 0 Å². The molecular weight excluding hydrogens is 387 g/mol. The molecule has 0 saturated carbocycles. The summed E-state index contributed by atoms with van der Waals surface area (Å²) < 4.78 is 25.5. The molecule has 3 aromatic rings. The SMILES string of the molecule is Cc1ccccc1Nc1nc(S(=O)(=O)c2ccc(Cl)cc2)c(Cl)s1. The summed E-state index contributed by atoms with van der Waals surface area (Å²) in [6.45, 7) is 1.95. The molecule has 3 rings (SSSR count). The Morgan fingerprint density at radius 2 is 1.71 bits per heavy atom. The van der Waals surface area contributed by atoms with Crippen molar-refractivity contribution in [1.29, 1.82) is 0 Å². The van der Waals surface area contributed by atoms with Crippen LogP contribution in [0.5, 0.6) is 0 Å². The summed E-state index contributed by atoms with van der Waals surface area (Å²) in [6, 6.07) is 13.5. The zero-order valence-electron chi connectivity index (χ0n) is 12.5. The molecule has 124 valence electrons. The Balaban J connectivity index is 1.97. The molecule has 0 unspecified atom stereocenters. The highest BCUT2D eigenvalue weighted by molar-refractivity contribution is 7.91. The fourth-order valence-corrected chi connectivity index (χ4v) is 5.01. The molecule has 8 heteroatoms. The Hall–Kier alpha value is -1.60. The third-order valence-electron chi connectivity index (χ3n) is 3.32. The van der Waals surface area contributed by atoms with Crippen molar-refractivity contribution in [3.63, 3.8) is 0 Å². The van der Waals surface area contributed by atoms with Crippen LogP contribution < -0.4 is 5.32 Å². The maximum absolute atomic E-state index is 12.7. The Kier molecular flexibility index (Phi) is 4.83. The molecule has 0 atom stereocenters. The summed E-state index contributed by atoms with van der Waals surface area (Å²) in [5, 5.41) is 3.82. The van der Waals surface area contributed by atoms with Crippen molar-refractivity contribution in [2.75, 3.05) is 5.32 Å². The van der Waals surface area contributed by atoms with Crippen LogP contribution >= 0.6 is 34.5 Å². The molecule has 1 N–H and O–H groups in total. The lowest BCUT2D eigenvalue weighted by molar-refractivity contribution is 0.593. The van der Waals surface area contributed by atoms with Crippen LogP contribution in [0.1, 0.15) is 5.56 Å². The number of anilines is 2. The van der Waals surface area contributed by atoms with Gasteiger partial charge in [0.1, 0.15) is 4.34 Å². The first-order valence-corrected chi connectivity index (χ1v) is 9.93. The summed E-state index contributed by atoms with van der Waals surface area (Å²) in [6.07, 6.45) is 0. The number of nitrogens with one attached hydrogen (secondary N) is 1. The maximum Gasteiger partial charge on any atom is 0.226 e. The number of aryl methyl sites for hydroxylation is 1. The van der Waals surface area contributed by atoms with Gasteiger partial charge in [-0.2, -0.15) is 0 Å². The smallest absolute Gasteiger partial charge is 0.226 e. The lowest BCUT2D eigenvalue weighted by atomic mass is 10.2. The van der Waals surface area contributed by atoms with Gasteiger partial charge in [-0.25, -0.2) is 13.4 Å². The number of hydrogen-bond acceptors (Lipinski definition) is 5. The second-order valence-electron chi connectivity index (χ2n) is 5.00. The van der Waals surface area contributed by atoms with Crippen LogP contribution in [-0.2, 0) is 9.84 Å². The van der Waals surface area contributed by atoms with Crippen LogP contribution in [0.15, 0.2) is 58.5 Å². The van der Waals surface area contributed by atoms with Crippen molar-refractivity contribution >= 4 is 55.2 Å². The van der Waals surface area contributed by atoms with Crippen molar-refractivity contribution in [1.82, 2.24) is 4.98 Å². The summed E-state index contributed by atoms with van der Waals surface area (Å²) in [5.74, 6) is 0. The number of halogens is 2. The van der Waals surface area contributed by atoms with E-state index in [1.165, 1.54) is 24.3 Å². The van der Waals surface area contributed by atoms with Gasteiger partial charge in [-0.05, 0) is 42.8 Å². The molecule has 0 bridgehead atoms. The largest absolute Gasteiger partial charge is 0.331 e. The van der Waals surface area contributed by atoms with E-state index in [0.29, 0.717) is 10.2 Å². The van der Waals surface area contributed by atoms with Crippen molar-refractivity contribution < 1.29 is 8.42 Å². The molecule has 0 aliphatic rings. The molecule has 0 fully saturated rings. The topological polar surface area (TPSA) is 59.1 Å². The van der Waals surface area contributed by atoms with Gasteiger partial charge < -0.3 is 5.32 Å². The summed E-state index contributed by atoms with van der Waals surface area (Å²) in [4.78, 5) is 4.27. The molecule has 1 aromatic heterocycles. The minimum absolute atomic E-state index is 0.0986. The molecule has 0 saturated heterocycles. The molecule has 0 spiro atoms. The number of thiazole rings is 1. The van der Waals surface area contributed by atoms with Gasteiger partial charge in [0.2, 0.25) is 9.84 Å². The predicted molar refractivity (Wildman–Crippen MR) is 98.5 cm³/mol. The zero-order chi connectivity index (χ0) is 17.3. The lowest BCUT2D eigenvalue weighted by Crippen LogP contribution is -2.03. The fourth-order valence-electron chi connectivity index (χ4n) is 2.06. The van der Waals surface area contributed by atoms with E-state index in [2.05, 4.69) is 10.3 Å². The third kappa shape index (κ3) is 3.42. The number of hydrogen-bond donors (Lipinski definition) is 1. The lowest BCUT2D eigenvalue weighted by Gasteiger charge is -2.05. The first kappa shape index (κ1) is 17.2. The van der Waals surface area contributed by atoms with Crippen LogP contribution in [-0.4, -0.2) is 13.4 Å². The van der Waals surface area contributed by atoms with Gasteiger partial charge in [0.05, 0.1) is 4.90 Å². The number of aromatic nitrogens is 1. The third-order valence-corrected chi connectivity index (χ3v) is 6.68. The molecule has 1 heterocycles. The van der Waals surface area contributed by atoms with E-state index in [-0.39, 0.29) is 14.3 Å². The van der Waals surface area contributed by atoms with Gasteiger partial charge in [-0.1, -0.05) is 52.7 Å². The van der Waals surface area contributed by atoms with Crippen molar-refractivity contribution in [2.45, 2.75) is 16.8 Å². The second kappa shape index (κ2) is 6.72. The Labute approximate surface area is 154 Å². The normalized spacial score (nSPS) is 11.5. The highest BCUT2D eigenvalue weighted by Gasteiger charge is 2.25. The number of benzene rings is 2. The van der Waals surface area contributed by atoms with Crippen LogP contribution in [0.3, 0.4) is 0 Å². The van der Waals surface area contributed by atoms with Gasteiger partial charge in [0, 0.05) is 10.7 Å². The Bertz CT molecular complexity index is 984.